The quantitative estimate of drug-likeness (QED) is 0.867. The van der Waals surface area contributed by atoms with Gasteiger partial charge >= 0.3 is 0 Å². The van der Waals surface area contributed by atoms with Crippen molar-refractivity contribution in [2.45, 2.75) is 30.7 Å². The lowest BCUT2D eigenvalue weighted by atomic mass is 10.1. The Kier molecular flexibility index (Phi) is 7.41. The second-order valence-electron chi connectivity index (χ2n) is 5.04. The third-order valence-corrected chi connectivity index (χ3v) is 4.85. The second kappa shape index (κ2) is 8.55. The fourth-order valence-electron chi connectivity index (χ4n) is 2.36. The molecule has 1 aliphatic heterocycles. The predicted octanol–water partition coefficient (Wildman–Crippen LogP) is 2.72. The van der Waals surface area contributed by atoms with Crippen LogP contribution in [0, 0.1) is 6.92 Å². The van der Waals surface area contributed by atoms with Crippen LogP contribution in [-0.2, 0) is 4.79 Å². The molecule has 2 rings (SSSR count). The van der Waals surface area contributed by atoms with Gasteiger partial charge in [0.1, 0.15) is 0 Å². The van der Waals surface area contributed by atoms with E-state index in [4.69, 9.17) is 0 Å². The van der Waals surface area contributed by atoms with Gasteiger partial charge in [0.15, 0.2) is 0 Å². The monoisotopic (exact) mass is 314 g/mol. The minimum Gasteiger partial charge on any atom is -0.342 e. The predicted molar refractivity (Wildman–Crippen MR) is 87.8 cm³/mol. The summed E-state index contributed by atoms with van der Waals surface area (Å²) in [6.07, 6.45) is 2.13. The van der Waals surface area contributed by atoms with Crippen LogP contribution in [0.2, 0.25) is 0 Å². The summed E-state index contributed by atoms with van der Waals surface area (Å²) in [5.74, 6) is 0.769. The molecule has 1 amide bonds. The van der Waals surface area contributed by atoms with Crippen molar-refractivity contribution in [3.63, 3.8) is 0 Å². The third-order valence-electron chi connectivity index (χ3n) is 3.69. The number of thioether (sulfide) groups is 1. The molecule has 20 heavy (non-hydrogen) atoms. The summed E-state index contributed by atoms with van der Waals surface area (Å²) in [5.41, 5.74) is 1.24. The number of nitrogens with one attached hydrogen (secondary N) is 1. The lowest BCUT2D eigenvalue weighted by Gasteiger charge is -2.31. The number of hydrogen-bond acceptors (Lipinski definition) is 3. The average molecular weight is 315 g/mol. The summed E-state index contributed by atoms with van der Waals surface area (Å²) in [6, 6.07) is 8.63. The first-order valence-electron chi connectivity index (χ1n) is 6.83. The van der Waals surface area contributed by atoms with E-state index in [0.29, 0.717) is 11.8 Å². The van der Waals surface area contributed by atoms with E-state index < -0.39 is 0 Å². The molecule has 0 atom stereocenters. The topological polar surface area (TPSA) is 32.3 Å². The molecular formula is C15H23ClN2OS. The van der Waals surface area contributed by atoms with Gasteiger partial charge in [0, 0.05) is 18.0 Å². The van der Waals surface area contributed by atoms with E-state index in [0.717, 1.165) is 25.9 Å². The lowest BCUT2D eigenvalue weighted by Crippen LogP contribution is -2.44. The van der Waals surface area contributed by atoms with Gasteiger partial charge in [0.25, 0.3) is 0 Å². The number of aryl methyl sites for hydroxylation is 1. The molecule has 0 saturated carbocycles. The molecule has 1 N–H and O–H groups in total. The van der Waals surface area contributed by atoms with E-state index in [9.17, 15) is 4.79 Å². The van der Waals surface area contributed by atoms with Gasteiger partial charge in [0.05, 0.1) is 5.75 Å². The highest BCUT2D eigenvalue weighted by Gasteiger charge is 2.21. The van der Waals surface area contributed by atoms with Crippen LogP contribution < -0.4 is 5.32 Å². The Balaban J connectivity index is 0.00000200. The number of carbonyl (C=O) groups excluding carboxylic acids is 1. The SMILES string of the molecule is Cc1ccccc1SCC(=O)N(C)C1CCNCC1.Cl. The van der Waals surface area contributed by atoms with Crippen LogP contribution in [-0.4, -0.2) is 42.7 Å². The van der Waals surface area contributed by atoms with Gasteiger partial charge < -0.3 is 10.2 Å². The number of benzene rings is 1. The Morgan fingerprint density at radius 2 is 2.00 bits per heavy atom. The molecule has 5 heteroatoms. The minimum absolute atomic E-state index is 0. The fraction of sp³-hybridized carbons (Fsp3) is 0.533. The summed E-state index contributed by atoms with van der Waals surface area (Å²) >= 11 is 1.64. The van der Waals surface area contributed by atoms with Crippen LogP contribution in [0.25, 0.3) is 0 Å². The maximum atomic E-state index is 12.2. The highest BCUT2D eigenvalue weighted by Crippen LogP contribution is 2.22. The van der Waals surface area contributed by atoms with E-state index in [-0.39, 0.29) is 18.3 Å². The van der Waals surface area contributed by atoms with Crippen molar-refractivity contribution >= 4 is 30.1 Å². The fourth-order valence-corrected chi connectivity index (χ4v) is 3.31. The highest BCUT2D eigenvalue weighted by atomic mass is 35.5. The standard InChI is InChI=1S/C15H22N2OS.ClH/c1-12-5-3-4-6-14(12)19-11-15(18)17(2)13-7-9-16-10-8-13;/h3-6,13,16H,7-11H2,1-2H3;1H. The Morgan fingerprint density at radius 1 is 1.35 bits per heavy atom. The van der Waals surface area contributed by atoms with Crippen molar-refractivity contribution in [3.05, 3.63) is 29.8 Å². The van der Waals surface area contributed by atoms with Gasteiger partial charge in [-0.3, -0.25) is 4.79 Å². The zero-order valence-corrected chi connectivity index (χ0v) is 13.7. The van der Waals surface area contributed by atoms with Gasteiger partial charge in [0.2, 0.25) is 5.91 Å². The van der Waals surface area contributed by atoms with Crippen LogP contribution in [0.4, 0.5) is 0 Å². The Morgan fingerprint density at radius 3 is 2.65 bits per heavy atom. The van der Waals surface area contributed by atoms with Crippen molar-refractivity contribution in [2.24, 2.45) is 0 Å². The molecule has 1 heterocycles. The van der Waals surface area contributed by atoms with Crippen LogP contribution in [0.1, 0.15) is 18.4 Å². The first-order valence-corrected chi connectivity index (χ1v) is 7.82. The van der Waals surface area contributed by atoms with Gasteiger partial charge in [-0.15, -0.1) is 24.2 Å². The number of hydrogen-bond donors (Lipinski definition) is 1. The highest BCUT2D eigenvalue weighted by molar-refractivity contribution is 8.00. The zero-order chi connectivity index (χ0) is 13.7. The number of carbonyl (C=O) groups is 1. The minimum atomic E-state index is 0. The lowest BCUT2D eigenvalue weighted by molar-refractivity contribution is -0.129. The average Bonchev–Trinajstić information content (AvgIpc) is 2.46. The smallest absolute Gasteiger partial charge is 0.232 e. The van der Waals surface area contributed by atoms with Crippen molar-refractivity contribution in [1.82, 2.24) is 10.2 Å². The Bertz CT molecular complexity index is 436. The first-order chi connectivity index (χ1) is 9.18. The molecule has 0 spiro atoms. The molecule has 1 aromatic carbocycles. The molecule has 1 aliphatic rings. The molecule has 1 fully saturated rings. The van der Waals surface area contributed by atoms with Crippen molar-refractivity contribution < 1.29 is 4.79 Å². The number of rotatable bonds is 4. The van der Waals surface area contributed by atoms with Crippen LogP contribution in [0.3, 0.4) is 0 Å². The molecule has 1 aromatic rings. The molecule has 0 aliphatic carbocycles. The van der Waals surface area contributed by atoms with Gasteiger partial charge in [-0.1, -0.05) is 18.2 Å². The summed E-state index contributed by atoms with van der Waals surface area (Å²) in [4.78, 5) is 15.4. The van der Waals surface area contributed by atoms with E-state index >= 15 is 0 Å². The summed E-state index contributed by atoms with van der Waals surface area (Å²) in [6.45, 7) is 4.13. The largest absolute Gasteiger partial charge is 0.342 e. The number of nitrogens with zero attached hydrogens (tertiary/aromatic N) is 1. The molecule has 112 valence electrons. The Labute approximate surface area is 131 Å². The van der Waals surface area contributed by atoms with E-state index in [2.05, 4.69) is 24.4 Å². The molecule has 0 unspecified atom stereocenters. The second-order valence-corrected chi connectivity index (χ2v) is 6.06. The number of piperidine rings is 1. The number of halogens is 1. The van der Waals surface area contributed by atoms with Crippen molar-refractivity contribution in [2.75, 3.05) is 25.9 Å². The van der Waals surface area contributed by atoms with E-state index in [1.54, 1.807) is 11.8 Å². The van der Waals surface area contributed by atoms with Gasteiger partial charge in [-0.2, -0.15) is 0 Å². The van der Waals surface area contributed by atoms with Gasteiger partial charge in [-0.25, -0.2) is 0 Å². The molecule has 0 radical (unpaired) electrons. The van der Waals surface area contributed by atoms with Crippen LogP contribution >= 0.6 is 24.2 Å². The molecule has 0 bridgehead atoms. The number of amides is 1. The van der Waals surface area contributed by atoms with Gasteiger partial charge in [-0.05, 0) is 44.5 Å². The zero-order valence-electron chi connectivity index (χ0n) is 12.1. The third kappa shape index (κ3) is 4.69. The molecule has 3 nitrogen and oxygen atoms in total. The van der Waals surface area contributed by atoms with Crippen molar-refractivity contribution in [1.29, 1.82) is 0 Å². The summed E-state index contributed by atoms with van der Waals surface area (Å²) in [7, 11) is 1.94. The maximum absolute atomic E-state index is 12.2. The summed E-state index contributed by atoms with van der Waals surface area (Å²) < 4.78 is 0. The maximum Gasteiger partial charge on any atom is 0.232 e. The molecule has 0 aromatic heterocycles. The first kappa shape index (κ1) is 17.3. The van der Waals surface area contributed by atoms with Crippen LogP contribution in [0.15, 0.2) is 29.2 Å². The van der Waals surface area contributed by atoms with Crippen molar-refractivity contribution in [3.8, 4) is 0 Å². The molecule has 1 saturated heterocycles. The van der Waals surface area contributed by atoms with E-state index in [1.807, 2.05) is 24.1 Å². The molecular weight excluding hydrogens is 292 g/mol. The Hall–Kier alpha value is -0.710. The van der Waals surface area contributed by atoms with Crippen LogP contribution in [0.5, 0.6) is 0 Å². The normalized spacial score (nSPS) is 15.5. The summed E-state index contributed by atoms with van der Waals surface area (Å²) in [5, 5.41) is 3.33. The van der Waals surface area contributed by atoms with E-state index in [1.165, 1.54) is 10.5 Å².